The molecule has 1 saturated heterocycles. The van der Waals surface area contributed by atoms with Crippen LogP contribution in [0.3, 0.4) is 0 Å². The van der Waals surface area contributed by atoms with Gasteiger partial charge in [0.2, 0.25) is 0 Å². The van der Waals surface area contributed by atoms with Gasteiger partial charge in [0.15, 0.2) is 6.23 Å². The number of nitrogens with one attached hydrogen (secondary N) is 1. The number of aromatic nitrogens is 2. The summed E-state index contributed by atoms with van der Waals surface area (Å²) in [7, 11) is -4.19. The van der Waals surface area contributed by atoms with E-state index in [1.54, 1.807) is 26.0 Å². The van der Waals surface area contributed by atoms with Crippen LogP contribution in [0.25, 0.3) is 0 Å². The first-order chi connectivity index (χ1) is 17.4. The van der Waals surface area contributed by atoms with Crippen LogP contribution in [0.5, 0.6) is 0 Å². The van der Waals surface area contributed by atoms with E-state index in [1.807, 2.05) is 19.1 Å². The average molecular weight is 541 g/mol. The van der Waals surface area contributed by atoms with Crippen LogP contribution >= 0.6 is 7.75 Å². The fourth-order valence-electron chi connectivity index (χ4n) is 3.55. The van der Waals surface area contributed by atoms with Crippen LogP contribution in [-0.4, -0.2) is 62.8 Å². The molecule has 13 nitrogen and oxygen atoms in total. The highest BCUT2D eigenvalue weighted by atomic mass is 31.2. The number of rotatable bonds is 11. The number of ether oxygens (including phenoxy) is 2. The molecule has 1 aliphatic rings. The number of anilines is 1. The van der Waals surface area contributed by atoms with Crippen LogP contribution in [0.4, 0.5) is 5.82 Å². The molecule has 37 heavy (non-hydrogen) atoms. The van der Waals surface area contributed by atoms with Gasteiger partial charge in [0.1, 0.15) is 30.2 Å². The minimum absolute atomic E-state index is 0.0166. The SMILES string of the molecule is Cc1ccccc1CO[P@](=O)(N[C@@H](C)C(=O)OC(C)C)OCC1OC(n2ccc(N)nc2=O)C(O)C1O. The number of nitrogens with zero attached hydrogens (tertiary/aromatic N) is 2. The van der Waals surface area contributed by atoms with Crippen LogP contribution in [-0.2, 0) is 34.5 Å². The number of nitrogen functional groups attached to an aromatic ring is 1. The third kappa shape index (κ3) is 7.45. The molecule has 5 N–H and O–H groups in total. The van der Waals surface area contributed by atoms with Gasteiger partial charge in [-0.2, -0.15) is 4.98 Å². The Morgan fingerprint density at radius 1 is 1.22 bits per heavy atom. The largest absolute Gasteiger partial charge is 0.462 e. The average Bonchev–Trinajstić information content (AvgIpc) is 3.10. The van der Waals surface area contributed by atoms with Crippen LogP contribution in [0.1, 0.15) is 38.1 Å². The van der Waals surface area contributed by atoms with Crippen LogP contribution in [0.15, 0.2) is 41.3 Å². The molecule has 0 spiro atoms. The van der Waals surface area contributed by atoms with Crippen molar-refractivity contribution in [3.8, 4) is 0 Å². The van der Waals surface area contributed by atoms with Crippen LogP contribution in [0.2, 0.25) is 0 Å². The number of benzene rings is 1. The van der Waals surface area contributed by atoms with Crippen molar-refractivity contribution in [2.75, 3.05) is 12.3 Å². The summed E-state index contributed by atoms with van der Waals surface area (Å²) in [5.74, 6) is -0.682. The maximum atomic E-state index is 13.6. The molecule has 3 rings (SSSR count). The van der Waals surface area contributed by atoms with Crippen molar-refractivity contribution >= 4 is 19.5 Å². The molecule has 4 unspecified atom stereocenters. The number of hydrogen-bond donors (Lipinski definition) is 4. The Bertz CT molecular complexity index is 1190. The molecule has 0 amide bonds. The molecule has 0 aliphatic carbocycles. The highest BCUT2D eigenvalue weighted by molar-refractivity contribution is 7.51. The first-order valence-corrected chi connectivity index (χ1v) is 13.2. The molecular formula is C23H33N4O9P. The number of esters is 1. The van der Waals surface area contributed by atoms with Gasteiger partial charge < -0.3 is 25.4 Å². The Morgan fingerprint density at radius 2 is 1.92 bits per heavy atom. The molecule has 2 heterocycles. The second kappa shape index (κ2) is 12.3. The van der Waals surface area contributed by atoms with Crippen molar-refractivity contribution in [2.45, 2.75) is 71.0 Å². The molecule has 1 aliphatic heterocycles. The quantitative estimate of drug-likeness (QED) is 0.235. The highest BCUT2D eigenvalue weighted by Crippen LogP contribution is 2.46. The van der Waals surface area contributed by atoms with Gasteiger partial charge in [0.05, 0.1) is 19.3 Å². The lowest BCUT2D eigenvalue weighted by Gasteiger charge is -2.25. The highest BCUT2D eigenvalue weighted by Gasteiger charge is 2.45. The zero-order chi connectivity index (χ0) is 27.3. The number of aliphatic hydroxyl groups is 2. The topological polar surface area (TPSA) is 184 Å². The van der Waals surface area contributed by atoms with E-state index in [-0.39, 0.29) is 12.4 Å². The minimum Gasteiger partial charge on any atom is -0.462 e. The molecule has 0 saturated carbocycles. The molecule has 14 heteroatoms. The Hall–Kier alpha value is -2.64. The number of aliphatic hydroxyl groups excluding tert-OH is 2. The number of aryl methyl sites for hydroxylation is 1. The number of carbonyl (C=O) groups excluding carboxylic acids is 1. The van der Waals surface area contributed by atoms with E-state index in [4.69, 9.17) is 24.3 Å². The predicted octanol–water partition coefficient (Wildman–Crippen LogP) is 1.02. The molecule has 6 atom stereocenters. The summed E-state index contributed by atoms with van der Waals surface area (Å²) >= 11 is 0. The molecule has 1 aromatic carbocycles. The lowest BCUT2D eigenvalue weighted by atomic mass is 10.1. The fourth-order valence-corrected chi connectivity index (χ4v) is 5.01. The van der Waals surface area contributed by atoms with E-state index in [0.717, 1.165) is 15.7 Å². The zero-order valence-electron chi connectivity index (χ0n) is 21.0. The van der Waals surface area contributed by atoms with Crippen molar-refractivity contribution in [3.63, 3.8) is 0 Å². The van der Waals surface area contributed by atoms with E-state index < -0.39 is 62.7 Å². The smallest absolute Gasteiger partial charge is 0.406 e. The molecule has 1 fully saturated rings. The van der Waals surface area contributed by atoms with Gasteiger partial charge in [-0.3, -0.25) is 18.4 Å². The van der Waals surface area contributed by atoms with Gasteiger partial charge in [-0.1, -0.05) is 24.3 Å². The standard InChI is InChI=1S/C23H33N4O9P/c1-13(2)35-22(30)15(4)26-37(32,33-11-16-8-6-5-7-14(16)3)34-12-17-19(28)20(29)21(36-17)27-10-9-18(24)25-23(27)31/h5-10,13,15,17,19-21,28-29H,11-12H2,1-4H3,(H,26,32)(H2,24,25,31)/t15-,17?,19?,20?,21?,37+/m0/s1. The van der Waals surface area contributed by atoms with E-state index >= 15 is 0 Å². The summed E-state index contributed by atoms with van der Waals surface area (Å²) in [5, 5.41) is 23.5. The Morgan fingerprint density at radius 3 is 2.57 bits per heavy atom. The number of carbonyl (C=O) groups is 1. The molecule has 1 aromatic heterocycles. The summed E-state index contributed by atoms with van der Waals surface area (Å²) in [6.07, 6.45) is -4.62. The molecular weight excluding hydrogens is 507 g/mol. The van der Waals surface area contributed by atoms with Gasteiger partial charge in [-0.25, -0.2) is 14.4 Å². The van der Waals surface area contributed by atoms with Crippen molar-refractivity contribution in [3.05, 3.63) is 58.1 Å². The first kappa shape index (κ1) is 28.9. The second-order valence-corrected chi connectivity index (χ2v) is 10.7. The van der Waals surface area contributed by atoms with Gasteiger partial charge in [0.25, 0.3) is 0 Å². The summed E-state index contributed by atoms with van der Waals surface area (Å²) in [6, 6.07) is 7.57. The third-order valence-corrected chi connectivity index (χ3v) is 7.24. The first-order valence-electron chi connectivity index (χ1n) is 11.7. The second-order valence-electron chi connectivity index (χ2n) is 8.92. The van der Waals surface area contributed by atoms with Crippen molar-refractivity contribution in [2.24, 2.45) is 0 Å². The Balaban J connectivity index is 1.74. The lowest BCUT2D eigenvalue weighted by molar-refractivity contribution is -0.149. The van der Waals surface area contributed by atoms with Crippen molar-refractivity contribution in [1.82, 2.24) is 14.6 Å². The van der Waals surface area contributed by atoms with Crippen molar-refractivity contribution in [1.29, 1.82) is 0 Å². The number of nitrogens with two attached hydrogens (primary N) is 1. The van der Waals surface area contributed by atoms with Gasteiger partial charge in [-0.15, -0.1) is 0 Å². The molecule has 204 valence electrons. The monoisotopic (exact) mass is 540 g/mol. The Labute approximate surface area is 214 Å². The maximum Gasteiger partial charge on any atom is 0.406 e. The normalized spacial score (nSPS) is 24.1. The zero-order valence-corrected chi connectivity index (χ0v) is 21.9. The molecule has 0 radical (unpaired) electrons. The predicted molar refractivity (Wildman–Crippen MR) is 132 cm³/mol. The third-order valence-electron chi connectivity index (χ3n) is 5.58. The Kier molecular flexibility index (Phi) is 9.59. The maximum absolute atomic E-state index is 13.6. The van der Waals surface area contributed by atoms with E-state index in [2.05, 4.69) is 10.1 Å². The number of hydrogen-bond acceptors (Lipinski definition) is 11. The van der Waals surface area contributed by atoms with Gasteiger partial charge in [-0.05, 0) is 44.9 Å². The van der Waals surface area contributed by atoms with Gasteiger partial charge >= 0.3 is 19.4 Å². The van der Waals surface area contributed by atoms with Crippen LogP contribution in [0, 0.1) is 6.92 Å². The van der Waals surface area contributed by atoms with Crippen molar-refractivity contribution < 1.29 is 38.1 Å². The fraction of sp³-hybridized carbons (Fsp3) is 0.522. The van der Waals surface area contributed by atoms with E-state index in [0.29, 0.717) is 0 Å². The summed E-state index contributed by atoms with van der Waals surface area (Å²) in [5.41, 5.74) is 6.35. The minimum atomic E-state index is -4.19. The molecule has 0 bridgehead atoms. The summed E-state index contributed by atoms with van der Waals surface area (Å²) in [6.45, 7) is 6.05. The van der Waals surface area contributed by atoms with Gasteiger partial charge in [0, 0.05) is 6.20 Å². The lowest BCUT2D eigenvalue weighted by Crippen LogP contribution is -2.37. The summed E-state index contributed by atoms with van der Waals surface area (Å²) < 4.78 is 36.6. The van der Waals surface area contributed by atoms with E-state index in [1.165, 1.54) is 19.2 Å². The van der Waals surface area contributed by atoms with Crippen LogP contribution < -0.4 is 16.5 Å². The molecule has 2 aromatic rings. The van der Waals surface area contributed by atoms with E-state index in [9.17, 15) is 24.4 Å². The summed E-state index contributed by atoms with van der Waals surface area (Å²) in [4.78, 5) is 28.1.